The summed E-state index contributed by atoms with van der Waals surface area (Å²) in [4.78, 5) is 13.7. The molecule has 10 heteroatoms. The SMILES string of the molecule is C=CCO[C@@H]1C[C@H](NC[C@H](O)[C@H](Cc2ccccc2)NC(=O)[C@H](CC=C)N(C)S(=O)(=O)CCCCC)c2cc(OC(C)C)ccc21. The first kappa shape index (κ1) is 37.4. The highest BCUT2D eigenvalue weighted by Crippen LogP contribution is 2.42. The lowest BCUT2D eigenvalue weighted by Crippen LogP contribution is -2.55. The lowest BCUT2D eigenvalue weighted by molar-refractivity contribution is -0.126. The maximum atomic E-state index is 13.7. The average molecular weight is 656 g/mol. The molecule has 1 aliphatic rings. The van der Waals surface area contributed by atoms with Crippen molar-refractivity contribution in [2.45, 2.75) is 95.7 Å². The molecule has 0 radical (unpaired) electrons. The lowest BCUT2D eigenvalue weighted by Gasteiger charge is -2.31. The number of benzene rings is 2. The highest BCUT2D eigenvalue weighted by molar-refractivity contribution is 7.89. The van der Waals surface area contributed by atoms with E-state index in [1.165, 1.54) is 7.05 Å². The number of ether oxygens (including phenoxy) is 2. The molecular formula is C36H53N3O6S. The summed E-state index contributed by atoms with van der Waals surface area (Å²) in [6.07, 6.45) is 5.58. The van der Waals surface area contributed by atoms with Gasteiger partial charge in [-0.15, -0.1) is 13.2 Å². The zero-order valence-corrected chi connectivity index (χ0v) is 28.7. The molecule has 0 aromatic heterocycles. The monoisotopic (exact) mass is 655 g/mol. The summed E-state index contributed by atoms with van der Waals surface area (Å²) in [6.45, 7) is 14.1. The number of hydrogen-bond acceptors (Lipinski definition) is 7. The minimum absolute atomic E-state index is 0.0253. The topological polar surface area (TPSA) is 117 Å². The van der Waals surface area contributed by atoms with Crippen LogP contribution >= 0.6 is 0 Å². The average Bonchev–Trinajstić information content (AvgIpc) is 3.37. The first-order valence-corrected chi connectivity index (χ1v) is 18.0. The minimum atomic E-state index is -3.67. The predicted molar refractivity (Wildman–Crippen MR) is 184 cm³/mol. The molecule has 1 amide bonds. The predicted octanol–water partition coefficient (Wildman–Crippen LogP) is 5.24. The van der Waals surface area contributed by atoms with Crippen LogP contribution in [0.2, 0.25) is 0 Å². The number of rotatable bonds is 21. The third-order valence-electron chi connectivity index (χ3n) is 8.26. The van der Waals surface area contributed by atoms with E-state index in [1.807, 2.05) is 69.3 Å². The Balaban J connectivity index is 1.80. The maximum absolute atomic E-state index is 13.7. The zero-order valence-electron chi connectivity index (χ0n) is 27.9. The molecule has 0 saturated heterocycles. The molecule has 0 spiro atoms. The fourth-order valence-corrected chi connectivity index (χ4v) is 7.21. The molecule has 3 N–H and O–H groups in total. The summed E-state index contributed by atoms with van der Waals surface area (Å²) in [7, 11) is -2.22. The number of fused-ring (bicyclic) bond motifs is 1. The quantitative estimate of drug-likeness (QED) is 0.125. The second kappa shape index (κ2) is 18.4. The second-order valence-electron chi connectivity index (χ2n) is 12.2. The van der Waals surface area contributed by atoms with E-state index in [0.717, 1.165) is 39.6 Å². The molecule has 254 valence electrons. The summed E-state index contributed by atoms with van der Waals surface area (Å²) >= 11 is 0. The van der Waals surface area contributed by atoms with Crippen molar-refractivity contribution >= 4 is 15.9 Å². The number of hydrogen-bond donors (Lipinski definition) is 3. The van der Waals surface area contributed by atoms with E-state index in [1.54, 1.807) is 12.2 Å². The van der Waals surface area contributed by atoms with Crippen LogP contribution in [0.4, 0.5) is 0 Å². The summed E-state index contributed by atoms with van der Waals surface area (Å²) < 4.78 is 39.4. The number of unbranched alkanes of at least 4 members (excludes halogenated alkanes) is 2. The number of aliphatic hydroxyl groups is 1. The second-order valence-corrected chi connectivity index (χ2v) is 14.4. The Morgan fingerprint density at radius 3 is 2.50 bits per heavy atom. The number of carbonyl (C=O) groups is 1. The molecule has 9 nitrogen and oxygen atoms in total. The number of amides is 1. The number of nitrogens with zero attached hydrogens (tertiary/aromatic N) is 1. The van der Waals surface area contributed by atoms with Gasteiger partial charge in [-0.1, -0.05) is 68.3 Å². The van der Waals surface area contributed by atoms with Gasteiger partial charge in [0.1, 0.15) is 11.8 Å². The first-order valence-electron chi connectivity index (χ1n) is 16.4. The van der Waals surface area contributed by atoms with Gasteiger partial charge in [0, 0.05) is 19.6 Å². The summed E-state index contributed by atoms with van der Waals surface area (Å²) in [5, 5.41) is 18.1. The summed E-state index contributed by atoms with van der Waals surface area (Å²) in [6, 6.07) is 13.8. The molecule has 0 aliphatic heterocycles. The molecule has 5 atom stereocenters. The van der Waals surface area contributed by atoms with Crippen molar-refractivity contribution in [3.05, 3.63) is 90.5 Å². The largest absolute Gasteiger partial charge is 0.491 e. The van der Waals surface area contributed by atoms with E-state index < -0.39 is 34.1 Å². The Bertz CT molecular complexity index is 1370. The van der Waals surface area contributed by atoms with Crippen molar-refractivity contribution in [3.8, 4) is 5.75 Å². The number of likely N-dealkylation sites (N-methyl/N-ethyl adjacent to an activating group) is 1. The standard InChI is InChI=1S/C36H53N3O6S/c1-7-10-14-21-46(42,43)39(6)33(15-8-2)36(41)38-32(22-27-16-12-11-13-17-27)34(40)25-37-31-24-35(44-20-9-3)29-19-18-28(23-30(29)31)45-26(4)5/h8-9,11-13,16-19,23,26,31-35,37,40H,2-3,7,10,14-15,20-22,24-25H2,1,4-6H3,(H,38,41)/t31-,32-,33-,34-,35+/m0/s1. The fraction of sp³-hybridized carbons (Fsp3) is 0.528. The molecule has 0 fully saturated rings. The van der Waals surface area contributed by atoms with Gasteiger partial charge in [0.25, 0.3) is 0 Å². The van der Waals surface area contributed by atoms with Crippen molar-refractivity contribution in [1.29, 1.82) is 0 Å². The minimum Gasteiger partial charge on any atom is -0.491 e. The third kappa shape index (κ3) is 10.8. The van der Waals surface area contributed by atoms with Crippen LogP contribution in [0.1, 0.15) is 81.7 Å². The van der Waals surface area contributed by atoms with Crippen LogP contribution in [0.15, 0.2) is 73.8 Å². The number of nitrogens with one attached hydrogen (secondary N) is 2. The Morgan fingerprint density at radius 2 is 1.85 bits per heavy atom. The van der Waals surface area contributed by atoms with Gasteiger partial charge in [-0.05, 0) is 68.4 Å². The van der Waals surface area contributed by atoms with Crippen molar-refractivity contribution in [2.24, 2.45) is 0 Å². The molecule has 0 saturated carbocycles. The van der Waals surface area contributed by atoms with Crippen molar-refractivity contribution in [3.63, 3.8) is 0 Å². The highest BCUT2D eigenvalue weighted by Gasteiger charge is 2.35. The van der Waals surface area contributed by atoms with E-state index in [4.69, 9.17) is 9.47 Å². The molecule has 3 rings (SSSR count). The van der Waals surface area contributed by atoms with Crippen LogP contribution in [-0.2, 0) is 26.0 Å². The van der Waals surface area contributed by atoms with Gasteiger partial charge in [-0.25, -0.2) is 8.42 Å². The van der Waals surface area contributed by atoms with Crippen molar-refractivity contribution in [2.75, 3.05) is 26.0 Å². The van der Waals surface area contributed by atoms with Crippen LogP contribution in [-0.4, -0.2) is 74.0 Å². The molecule has 0 bridgehead atoms. The van der Waals surface area contributed by atoms with E-state index in [0.29, 0.717) is 25.9 Å². The molecule has 2 aromatic carbocycles. The lowest BCUT2D eigenvalue weighted by atomic mass is 9.99. The molecular weight excluding hydrogens is 602 g/mol. The van der Waals surface area contributed by atoms with Crippen LogP contribution < -0.4 is 15.4 Å². The smallest absolute Gasteiger partial charge is 0.239 e. The van der Waals surface area contributed by atoms with Gasteiger partial charge in [-0.3, -0.25) is 4.79 Å². The Hall–Kier alpha value is -3.02. The van der Waals surface area contributed by atoms with Crippen molar-refractivity contribution in [1.82, 2.24) is 14.9 Å². The van der Waals surface area contributed by atoms with Gasteiger partial charge in [-0.2, -0.15) is 4.31 Å². The van der Waals surface area contributed by atoms with E-state index >= 15 is 0 Å². The van der Waals surface area contributed by atoms with Gasteiger partial charge < -0.3 is 25.2 Å². The fourth-order valence-electron chi connectivity index (χ4n) is 5.78. The van der Waals surface area contributed by atoms with E-state index in [9.17, 15) is 18.3 Å². The van der Waals surface area contributed by atoms with Gasteiger partial charge >= 0.3 is 0 Å². The first-order chi connectivity index (χ1) is 22.0. The number of sulfonamides is 1. The Labute approximate surface area is 276 Å². The van der Waals surface area contributed by atoms with Crippen LogP contribution in [0.25, 0.3) is 0 Å². The Morgan fingerprint density at radius 1 is 1.11 bits per heavy atom. The summed E-state index contributed by atoms with van der Waals surface area (Å²) in [5.74, 6) is 0.269. The maximum Gasteiger partial charge on any atom is 0.239 e. The highest BCUT2D eigenvalue weighted by atomic mass is 32.2. The van der Waals surface area contributed by atoms with E-state index in [2.05, 4.69) is 23.8 Å². The number of aliphatic hydroxyl groups excluding tert-OH is 1. The summed E-state index contributed by atoms with van der Waals surface area (Å²) in [5.41, 5.74) is 3.05. The third-order valence-corrected chi connectivity index (χ3v) is 10.2. The normalized spacial score (nSPS) is 18.2. The molecule has 1 aliphatic carbocycles. The number of carbonyl (C=O) groups excluding carboxylic acids is 1. The Kier molecular flexibility index (Phi) is 14.9. The van der Waals surface area contributed by atoms with Gasteiger partial charge in [0.15, 0.2) is 0 Å². The molecule has 46 heavy (non-hydrogen) atoms. The molecule has 0 unspecified atom stereocenters. The van der Waals surface area contributed by atoms with Crippen molar-refractivity contribution < 1.29 is 27.8 Å². The van der Waals surface area contributed by atoms with Crippen LogP contribution in [0.3, 0.4) is 0 Å². The van der Waals surface area contributed by atoms with Crippen LogP contribution in [0, 0.1) is 0 Å². The van der Waals surface area contributed by atoms with Crippen LogP contribution in [0.5, 0.6) is 5.75 Å². The van der Waals surface area contributed by atoms with Gasteiger partial charge in [0.2, 0.25) is 15.9 Å². The van der Waals surface area contributed by atoms with Gasteiger partial charge in [0.05, 0.1) is 36.7 Å². The zero-order chi connectivity index (χ0) is 33.7. The molecule has 0 heterocycles. The molecule has 2 aromatic rings. The van der Waals surface area contributed by atoms with E-state index in [-0.39, 0.29) is 37.0 Å².